The molecule has 0 radical (unpaired) electrons. The van der Waals surface area contributed by atoms with Crippen molar-refractivity contribution in [2.45, 2.75) is 32.1 Å². The van der Waals surface area contributed by atoms with Gasteiger partial charge in [-0.15, -0.1) is 0 Å². The van der Waals surface area contributed by atoms with Crippen LogP contribution >= 0.6 is 0 Å². The molecule has 7 heteroatoms. The standard InChI is InChI=1S/C27H36N4O3/c32-26(22-31-17-8-2-5-14-27(31)33)28-15-9-16-29-18-20-30(21-19-29)24-12-6-7-13-25(24)34-23-10-3-1-4-11-23/h1,3-4,6-7,10-13H,2,5,8-9,14-22H2,(H,28,32). The van der Waals surface area contributed by atoms with Crippen molar-refractivity contribution >= 4 is 17.5 Å². The van der Waals surface area contributed by atoms with Gasteiger partial charge in [0.15, 0.2) is 5.75 Å². The fraction of sp³-hybridized carbons (Fsp3) is 0.481. The van der Waals surface area contributed by atoms with Gasteiger partial charge in [-0.3, -0.25) is 14.5 Å². The summed E-state index contributed by atoms with van der Waals surface area (Å²) in [5.74, 6) is 1.79. The van der Waals surface area contributed by atoms with Crippen molar-refractivity contribution in [3.8, 4) is 11.5 Å². The molecule has 2 aromatic rings. The van der Waals surface area contributed by atoms with Gasteiger partial charge in [0, 0.05) is 45.7 Å². The van der Waals surface area contributed by atoms with Crippen molar-refractivity contribution in [1.29, 1.82) is 0 Å². The molecule has 34 heavy (non-hydrogen) atoms. The van der Waals surface area contributed by atoms with E-state index >= 15 is 0 Å². The molecule has 0 spiro atoms. The van der Waals surface area contributed by atoms with E-state index in [1.807, 2.05) is 42.5 Å². The van der Waals surface area contributed by atoms with E-state index in [2.05, 4.69) is 27.2 Å². The van der Waals surface area contributed by atoms with Crippen LogP contribution in [0.3, 0.4) is 0 Å². The minimum atomic E-state index is -0.0462. The molecule has 1 N–H and O–H groups in total. The second-order valence-electron chi connectivity index (χ2n) is 9.04. The van der Waals surface area contributed by atoms with Crippen LogP contribution in [0.5, 0.6) is 11.5 Å². The van der Waals surface area contributed by atoms with Gasteiger partial charge in [-0.25, -0.2) is 0 Å². The number of anilines is 1. The van der Waals surface area contributed by atoms with E-state index in [-0.39, 0.29) is 18.4 Å². The maximum absolute atomic E-state index is 12.2. The third-order valence-electron chi connectivity index (χ3n) is 6.53. The minimum absolute atomic E-state index is 0.0462. The number of amides is 2. The number of carbonyl (C=O) groups is 2. The van der Waals surface area contributed by atoms with Gasteiger partial charge in [-0.1, -0.05) is 36.8 Å². The molecular weight excluding hydrogens is 428 g/mol. The van der Waals surface area contributed by atoms with E-state index in [4.69, 9.17) is 4.74 Å². The fourth-order valence-corrected chi connectivity index (χ4v) is 4.60. The fourth-order valence-electron chi connectivity index (χ4n) is 4.60. The summed E-state index contributed by atoms with van der Waals surface area (Å²) in [7, 11) is 0. The molecule has 2 fully saturated rings. The van der Waals surface area contributed by atoms with E-state index in [0.717, 1.165) is 75.6 Å². The largest absolute Gasteiger partial charge is 0.455 e. The smallest absolute Gasteiger partial charge is 0.239 e. The van der Waals surface area contributed by atoms with Crippen molar-refractivity contribution in [3.05, 3.63) is 54.6 Å². The van der Waals surface area contributed by atoms with Crippen molar-refractivity contribution in [1.82, 2.24) is 15.1 Å². The van der Waals surface area contributed by atoms with Gasteiger partial charge < -0.3 is 19.9 Å². The molecule has 182 valence electrons. The highest BCUT2D eigenvalue weighted by atomic mass is 16.5. The Morgan fingerprint density at radius 2 is 1.65 bits per heavy atom. The summed E-state index contributed by atoms with van der Waals surface area (Å²) in [5, 5.41) is 2.99. The molecule has 0 unspecified atom stereocenters. The summed E-state index contributed by atoms with van der Waals surface area (Å²) < 4.78 is 6.14. The van der Waals surface area contributed by atoms with Crippen LogP contribution in [0.15, 0.2) is 54.6 Å². The van der Waals surface area contributed by atoms with Crippen molar-refractivity contribution in [2.24, 2.45) is 0 Å². The number of piperazine rings is 1. The molecule has 2 heterocycles. The van der Waals surface area contributed by atoms with Gasteiger partial charge in [-0.05, 0) is 50.1 Å². The number of rotatable bonds is 9. The normalized spacial score (nSPS) is 17.4. The predicted molar refractivity (Wildman–Crippen MR) is 134 cm³/mol. The van der Waals surface area contributed by atoms with Crippen molar-refractivity contribution < 1.29 is 14.3 Å². The Balaban J connectivity index is 1.17. The number of ether oxygens (including phenoxy) is 1. The number of nitrogens with one attached hydrogen (secondary N) is 1. The van der Waals surface area contributed by atoms with Gasteiger partial charge >= 0.3 is 0 Å². The third kappa shape index (κ3) is 6.97. The van der Waals surface area contributed by atoms with Crippen LogP contribution in [-0.4, -0.2) is 74.0 Å². The van der Waals surface area contributed by atoms with E-state index in [9.17, 15) is 9.59 Å². The van der Waals surface area contributed by atoms with Crippen molar-refractivity contribution in [3.63, 3.8) is 0 Å². The van der Waals surface area contributed by atoms with Gasteiger partial charge in [0.1, 0.15) is 5.75 Å². The lowest BCUT2D eigenvalue weighted by Gasteiger charge is -2.36. The van der Waals surface area contributed by atoms with Gasteiger partial charge in [0.2, 0.25) is 11.8 Å². The highest BCUT2D eigenvalue weighted by molar-refractivity contribution is 5.84. The van der Waals surface area contributed by atoms with Crippen molar-refractivity contribution in [2.75, 3.05) is 57.3 Å². The first-order valence-electron chi connectivity index (χ1n) is 12.5. The molecule has 2 aliphatic rings. The van der Waals surface area contributed by atoms with Crippen LogP contribution in [0.2, 0.25) is 0 Å². The average molecular weight is 465 g/mol. The Labute approximate surface area is 202 Å². The zero-order chi connectivity index (χ0) is 23.6. The van der Waals surface area contributed by atoms with E-state index in [1.54, 1.807) is 4.90 Å². The van der Waals surface area contributed by atoms with Crippen LogP contribution in [-0.2, 0) is 9.59 Å². The zero-order valence-electron chi connectivity index (χ0n) is 20.0. The molecule has 0 atom stereocenters. The lowest BCUT2D eigenvalue weighted by Crippen LogP contribution is -2.47. The second kappa shape index (κ2) is 12.4. The highest BCUT2D eigenvalue weighted by Crippen LogP contribution is 2.32. The molecule has 2 amide bonds. The molecular formula is C27H36N4O3. The number of benzene rings is 2. The lowest BCUT2D eigenvalue weighted by atomic mass is 10.2. The van der Waals surface area contributed by atoms with Gasteiger partial charge in [0.25, 0.3) is 0 Å². The Morgan fingerprint density at radius 3 is 2.47 bits per heavy atom. The molecule has 0 bridgehead atoms. The summed E-state index contributed by atoms with van der Waals surface area (Å²) in [5.41, 5.74) is 1.13. The summed E-state index contributed by atoms with van der Waals surface area (Å²) >= 11 is 0. The molecule has 0 saturated carbocycles. The number of likely N-dealkylation sites (tertiary alicyclic amines) is 1. The first kappa shape index (κ1) is 24.1. The Hall–Kier alpha value is -3.06. The summed E-state index contributed by atoms with van der Waals surface area (Å²) in [4.78, 5) is 30.8. The Bertz CT molecular complexity index is 928. The second-order valence-corrected chi connectivity index (χ2v) is 9.04. The predicted octanol–water partition coefficient (Wildman–Crippen LogP) is 3.51. The van der Waals surface area contributed by atoms with Crippen LogP contribution in [0, 0.1) is 0 Å². The molecule has 2 aliphatic heterocycles. The van der Waals surface area contributed by atoms with Crippen LogP contribution in [0.25, 0.3) is 0 Å². The molecule has 2 aromatic carbocycles. The van der Waals surface area contributed by atoms with E-state index in [0.29, 0.717) is 19.5 Å². The number of carbonyl (C=O) groups excluding carboxylic acids is 2. The monoisotopic (exact) mass is 464 g/mol. The summed E-state index contributed by atoms with van der Waals surface area (Å²) in [6.45, 7) is 6.36. The topological polar surface area (TPSA) is 65.1 Å². The quantitative estimate of drug-likeness (QED) is 0.576. The van der Waals surface area contributed by atoms with E-state index < -0.39 is 0 Å². The van der Waals surface area contributed by atoms with Crippen LogP contribution in [0.1, 0.15) is 32.1 Å². The number of hydrogen-bond donors (Lipinski definition) is 1. The SMILES string of the molecule is O=C(CN1CCCCCC1=O)NCCCN1CCN(c2ccccc2Oc2ccccc2)CC1. The lowest BCUT2D eigenvalue weighted by molar-refractivity contribution is -0.135. The molecule has 2 saturated heterocycles. The first-order chi connectivity index (χ1) is 16.7. The molecule has 0 aliphatic carbocycles. The summed E-state index contributed by atoms with van der Waals surface area (Å²) in [6.07, 6.45) is 4.49. The number of hydrogen-bond acceptors (Lipinski definition) is 5. The molecule has 0 aromatic heterocycles. The number of nitrogens with zero attached hydrogens (tertiary/aromatic N) is 3. The summed E-state index contributed by atoms with van der Waals surface area (Å²) in [6, 6.07) is 18.1. The van der Waals surface area contributed by atoms with Gasteiger partial charge in [0.05, 0.1) is 12.2 Å². The Morgan fingerprint density at radius 1 is 0.882 bits per heavy atom. The number of para-hydroxylation sites is 3. The first-order valence-corrected chi connectivity index (χ1v) is 12.5. The highest BCUT2D eigenvalue weighted by Gasteiger charge is 2.21. The zero-order valence-corrected chi connectivity index (χ0v) is 20.0. The maximum atomic E-state index is 12.2. The van der Waals surface area contributed by atoms with Crippen LogP contribution in [0.4, 0.5) is 5.69 Å². The van der Waals surface area contributed by atoms with Gasteiger partial charge in [-0.2, -0.15) is 0 Å². The molecule has 4 rings (SSSR count). The van der Waals surface area contributed by atoms with E-state index in [1.165, 1.54) is 0 Å². The maximum Gasteiger partial charge on any atom is 0.239 e. The minimum Gasteiger partial charge on any atom is -0.455 e. The third-order valence-corrected chi connectivity index (χ3v) is 6.53. The van der Waals surface area contributed by atoms with Crippen LogP contribution < -0.4 is 15.0 Å². The average Bonchev–Trinajstić information content (AvgIpc) is 3.07. The molecule has 7 nitrogen and oxygen atoms in total. The Kier molecular flexibility index (Phi) is 8.79.